The van der Waals surface area contributed by atoms with Crippen LogP contribution in [0.5, 0.6) is 0 Å². The minimum absolute atomic E-state index is 0. The maximum atomic E-state index is 12.6. The molecule has 0 aliphatic heterocycles. The molecule has 140 valence electrons. The third-order valence-corrected chi connectivity index (χ3v) is 3.72. The smallest absolute Gasteiger partial charge is 0.251 e. The molecule has 1 unspecified atom stereocenters. The average Bonchev–Trinajstić information content (AvgIpc) is 2.54. The van der Waals surface area contributed by atoms with Gasteiger partial charge in [-0.05, 0) is 51.5 Å². The van der Waals surface area contributed by atoms with Crippen molar-refractivity contribution in [1.82, 2.24) is 5.32 Å². The molecule has 1 atom stereocenters. The predicted molar refractivity (Wildman–Crippen MR) is 108 cm³/mol. The van der Waals surface area contributed by atoms with Gasteiger partial charge in [0.15, 0.2) is 0 Å². The zero-order valence-corrected chi connectivity index (χ0v) is 16.3. The van der Waals surface area contributed by atoms with E-state index in [9.17, 15) is 9.59 Å². The molecule has 0 aromatic heterocycles. The Labute approximate surface area is 160 Å². The number of anilines is 1. The highest BCUT2D eigenvalue weighted by Crippen LogP contribution is 2.20. The summed E-state index contributed by atoms with van der Waals surface area (Å²) in [7, 11) is 0. The van der Waals surface area contributed by atoms with Crippen molar-refractivity contribution in [3.63, 3.8) is 0 Å². The van der Waals surface area contributed by atoms with Gasteiger partial charge in [-0.1, -0.05) is 36.4 Å². The van der Waals surface area contributed by atoms with E-state index in [0.29, 0.717) is 16.8 Å². The first-order valence-corrected chi connectivity index (χ1v) is 8.18. The van der Waals surface area contributed by atoms with E-state index >= 15 is 0 Å². The van der Waals surface area contributed by atoms with Gasteiger partial charge in [0.1, 0.15) is 5.54 Å². The first-order valence-electron chi connectivity index (χ1n) is 8.18. The maximum Gasteiger partial charge on any atom is 0.251 e. The van der Waals surface area contributed by atoms with Gasteiger partial charge in [-0.25, -0.2) is 0 Å². The van der Waals surface area contributed by atoms with E-state index in [2.05, 4.69) is 10.6 Å². The normalized spacial score (nSPS) is 13.1. The van der Waals surface area contributed by atoms with Crippen LogP contribution in [0, 0.1) is 0 Å². The number of nitrogens with one attached hydrogen (secondary N) is 2. The Morgan fingerprint density at radius 3 is 2.12 bits per heavy atom. The predicted octanol–water partition coefficient (Wildman–Crippen LogP) is 3.45. The van der Waals surface area contributed by atoms with Gasteiger partial charge in [0, 0.05) is 16.8 Å². The fourth-order valence-corrected chi connectivity index (χ4v) is 2.33. The summed E-state index contributed by atoms with van der Waals surface area (Å²) in [6.07, 6.45) is 0. The Bertz CT molecular complexity index is 768. The highest BCUT2D eigenvalue weighted by Gasteiger charge is 2.30. The molecule has 0 radical (unpaired) electrons. The van der Waals surface area contributed by atoms with Gasteiger partial charge < -0.3 is 16.4 Å². The lowest BCUT2D eigenvalue weighted by molar-refractivity contribution is -0.120. The van der Waals surface area contributed by atoms with E-state index < -0.39 is 5.54 Å². The number of hydrogen-bond donors (Lipinski definition) is 3. The van der Waals surface area contributed by atoms with Gasteiger partial charge in [-0.3, -0.25) is 9.59 Å². The summed E-state index contributed by atoms with van der Waals surface area (Å²) in [5.41, 5.74) is 6.43. The zero-order valence-electron chi connectivity index (χ0n) is 15.5. The fourth-order valence-electron chi connectivity index (χ4n) is 2.33. The molecule has 6 heteroatoms. The monoisotopic (exact) mass is 375 g/mol. The molecule has 5 nitrogen and oxygen atoms in total. The first-order chi connectivity index (χ1) is 11.6. The van der Waals surface area contributed by atoms with Gasteiger partial charge in [0.05, 0.1) is 0 Å². The molecule has 0 aliphatic rings. The Balaban J connectivity index is 0.00000338. The standard InChI is InChI=1S/C20H25N3O2.ClH/c1-19(2,3)23-17(24)14-9-8-12-16(13-14)22-18(25)20(4,21)15-10-6-5-7-11-15;/h5-13H,21H2,1-4H3,(H,22,25)(H,23,24);1H. The molecule has 2 amide bonds. The molecule has 0 bridgehead atoms. The third kappa shape index (κ3) is 5.58. The van der Waals surface area contributed by atoms with Gasteiger partial charge >= 0.3 is 0 Å². The van der Waals surface area contributed by atoms with Crippen molar-refractivity contribution in [2.24, 2.45) is 5.73 Å². The minimum Gasteiger partial charge on any atom is -0.347 e. The molecule has 2 aromatic rings. The van der Waals surface area contributed by atoms with E-state index in [1.165, 1.54) is 0 Å². The molecule has 0 heterocycles. The summed E-state index contributed by atoms with van der Waals surface area (Å²) >= 11 is 0. The van der Waals surface area contributed by atoms with Crippen molar-refractivity contribution in [3.05, 3.63) is 65.7 Å². The second-order valence-electron chi connectivity index (χ2n) is 7.31. The number of halogens is 1. The average molecular weight is 376 g/mol. The number of rotatable bonds is 4. The van der Waals surface area contributed by atoms with Crippen molar-refractivity contribution in [2.45, 2.75) is 38.8 Å². The van der Waals surface area contributed by atoms with Crippen molar-refractivity contribution < 1.29 is 9.59 Å². The summed E-state index contributed by atoms with van der Waals surface area (Å²) < 4.78 is 0. The number of nitrogens with two attached hydrogens (primary N) is 1. The summed E-state index contributed by atoms with van der Waals surface area (Å²) in [4.78, 5) is 24.9. The SMILES string of the molecule is CC(C)(C)NC(=O)c1cccc(NC(=O)C(C)(N)c2ccccc2)c1.Cl. The van der Waals surface area contributed by atoms with Crippen LogP contribution >= 0.6 is 12.4 Å². The van der Waals surface area contributed by atoms with Gasteiger partial charge in [0.2, 0.25) is 5.91 Å². The van der Waals surface area contributed by atoms with Crippen molar-refractivity contribution in [2.75, 3.05) is 5.32 Å². The van der Waals surface area contributed by atoms with Gasteiger partial charge in [0.25, 0.3) is 5.91 Å². The van der Waals surface area contributed by atoms with E-state index in [4.69, 9.17) is 5.73 Å². The molecule has 0 saturated heterocycles. The minimum atomic E-state index is -1.18. The second-order valence-corrected chi connectivity index (χ2v) is 7.31. The van der Waals surface area contributed by atoms with E-state index in [-0.39, 0.29) is 29.8 Å². The summed E-state index contributed by atoms with van der Waals surface area (Å²) in [5, 5.41) is 5.69. The molecular formula is C20H26ClN3O2. The summed E-state index contributed by atoms with van der Waals surface area (Å²) in [6, 6.07) is 16.0. The van der Waals surface area contributed by atoms with Crippen LogP contribution in [0.1, 0.15) is 43.6 Å². The van der Waals surface area contributed by atoms with Crippen molar-refractivity contribution >= 4 is 29.9 Å². The van der Waals surface area contributed by atoms with Gasteiger partial charge in [-0.2, -0.15) is 0 Å². The lowest BCUT2D eigenvalue weighted by Gasteiger charge is -2.24. The summed E-state index contributed by atoms with van der Waals surface area (Å²) in [6.45, 7) is 7.40. The number of amides is 2. The van der Waals surface area contributed by atoms with Crippen LogP contribution in [-0.2, 0) is 10.3 Å². The molecular weight excluding hydrogens is 350 g/mol. The number of carbonyl (C=O) groups is 2. The van der Waals surface area contributed by atoms with Crippen LogP contribution in [0.2, 0.25) is 0 Å². The fraction of sp³-hybridized carbons (Fsp3) is 0.300. The molecule has 0 aliphatic carbocycles. The topological polar surface area (TPSA) is 84.2 Å². The summed E-state index contributed by atoms with van der Waals surface area (Å²) in [5.74, 6) is -0.533. The highest BCUT2D eigenvalue weighted by molar-refractivity contribution is 6.00. The first kappa shape index (κ1) is 21.7. The quantitative estimate of drug-likeness (QED) is 0.765. The molecule has 0 saturated carbocycles. The second kappa shape index (κ2) is 8.34. The largest absolute Gasteiger partial charge is 0.347 e. The molecule has 0 spiro atoms. The van der Waals surface area contributed by atoms with Crippen LogP contribution < -0.4 is 16.4 Å². The lowest BCUT2D eigenvalue weighted by atomic mass is 9.92. The number of hydrogen-bond acceptors (Lipinski definition) is 3. The van der Waals surface area contributed by atoms with Crippen LogP contribution in [0.3, 0.4) is 0 Å². The lowest BCUT2D eigenvalue weighted by Crippen LogP contribution is -2.45. The number of benzene rings is 2. The Morgan fingerprint density at radius 2 is 1.54 bits per heavy atom. The molecule has 0 fully saturated rings. The molecule has 2 aromatic carbocycles. The van der Waals surface area contributed by atoms with Crippen LogP contribution in [0.15, 0.2) is 54.6 Å². The number of carbonyl (C=O) groups excluding carboxylic acids is 2. The Morgan fingerprint density at radius 1 is 0.923 bits per heavy atom. The van der Waals surface area contributed by atoms with Crippen molar-refractivity contribution in [3.8, 4) is 0 Å². The van der Waals surface area contributed by atoms with E-state index in [1.807, 2.05) is 51.1 Å². The molecule has 4 N–H and O–H groups in total. The van der Waals surface area contributed by atoms with Crippen molar-refractivity contribution in [1.29, 1.82) is 0 Å². The maximum absolute atomic E-state index is 12.6. The zero-order chi connectivity index (χ0) is 18.7. The van der Waals surface area contributed by atoms with Gasteiger partial charge in [-0.15, -0.1) is 12.4 Å². The van der Waals surface area contributed by atoms with E-state index in [1.54, 1.807) is 31.2 Å². The highest BCUT2D eigenvalue weighted by atomic mass is 35.5. The van der Waals surface area contributed by atoms with Crippen LogP contribution in [-0.4, -0.2) is 17.4 Å². The molecule has 26 heavy (non-hydrogen) atoms. The molecule has 2 rings (SSSR count). The Kier molecular flexibility index (Phi) is 6.95. The van der Waals surface area contributed by atoms with E-state index in [0.717, 1.165) is 0 Å². The Hall–Kier alpha value is -2.37. The van der Waals surface area contributed by atoms with Crippen LogP contribution in [0.4, 0.5) is 5.69 Å². The third-order valence-electron chi connectivity index (χ3n) is 3.72. The van der Waals surface area contributed by atoms with Crippen LogP contribution in [0.25, 0.3) is 0 Å².